The van der Waals surface area contributed by atoms with Crippen molar-refractivity contribution in [3.8, 4) is 11.1 Å². The van der Waals surface area contributed by atoms with Crippen molar-refractivity contribution >= 4 is 23.2 Å². The number of benzene rings is 1. The quantitative estimate of drug-likeness (QED) is 0.747. The number of hydrogen-bond donors (Lipinski definition) is 0. The van der Waals surface area contributed by atoms with Gasteiger partial charge in [-0.1, -0.05) is 49.2 Å². The largest absolute Gasteiger partial charge is 0.261 e. The summed E-state index contributed by atoms with van der Waals surface area (Å²) >= 11 is 12.4. The third kappa shape index (κ3) is 3.04. The zero-order valence-corrected chi connectivity index (χ0v) is 12.0. The summed E-state index contributed by atoms with van der Waals surface area (Å²) in [5.74, 6) is 0.604. The highest BCUT2D eigenvalue weighted by molar-refractivity contribution is 6.39. The fraction of sp³-hybridized carbons (Fsp3) is 0.267. The molecule has 2 aromatic rings. The summed E-state index contributed by atoms with van der Waals surface area (Å²) in [5, 5.41) is 1.31. The van der Waals surface area contributed by atoms with E-state index < -0.39 is 0 Å². The van der Waals surface area contributed by atoms with Gasteiger partial charge in [0.05, 0.1) is 0 Å². The maximum Gasteiger partial charge on any atom is 0.0499 e. The zero-order valence-electron chi connectivity index (χ0n) is 10.5. The average molecular weight is 280 g/mol. The van der Waals surface area contributed by atoms with Crippen molar-refractivity contribution in [1.82, 2.24) is 4.98 Å². The predicted molar refractivity (Wildman–Crippen MR) is 78.2 cm³/mol. The standard InChI is InChI=1S/C15H15Cl2N/c1-10(2)8-12-7-6-11(9-18-12)15-13(16)4-3-5-14(15)17/h3-7,9-10H,8H2,1-2H3. The highest BCUT2D eigenvalue weighted by Crippen LogP contribution is 2.34. The molecule has 0 atom stereocenters. The summed E-state index contributed by atoms with van der Waals surface area (Å²) in [6.45, 7) is 4.36. The SMILES string of the molecule is CC(C)Cc1ccc(-c2c(Cl)cccc2Cl)cn1. The molecular weight excluding hydrogens is 265 g/mol. The molecule has 0 aliphatic rings. The number of hydrogen-bond acceptors (Lipinski definition) is 1. The van der Waals surface area contributed by atoms with Gasteiger partial charge in [-0.25, -0.2) is 0 Å². The van der Waals surface area contributed by atoms with Crippen LogP contribution >= 0.6 is 23.2 Å². The van der Waals surface area contributed by atoms with Gasteiger partial charge in [-0.15, -0.1) is 0 Å². The molecular formula is C15H15Cl2N. The van der Waals surface area contributed by atoms with E-state index in [1.807, 2.05) is 36.5 Å². The van der Waals surface area contributed by atoms with Crippen molar-refractivity contribution in [2.75, 3.05) is 0 Å². The lowest BCUT2D eigenvalue weighted by Gasteiger charge is -2.08. The summed E-state index contributed by atoms with van der Waals surface area (Å²) in [7, 11) is 0. The van der Waals surface area contributed by atoms with E-state index in [2.05, 4.69) is 18.8 Å². The first-order valence-electron chi connectivity index (χ1n) is 5.97. The van der Waals surface area contributed by atoms with Crippen LogP contribution in [0, 0.1) is 5.92 Å². The van der Waals surface area contributed by atoms with Gasteiger partial charge in [0, 0.05) is 33.1 Å². The van der Waals surface area contributed by atoms with E-state index in [4.69, 9.17) is 23.2 Å². The second-order valence-electron chi connectivity index (χ2n) is 4.73. The first-order chi connectivity index (χ1) is 8.58. The van der Waals surface area contributed by atoms with E-state index in [-0.39, 0.29) is 0 Å². The summed E-state index contributed by atoms with van der Waals surface area (Å²) in [6, 6.07) is 9.58. The lowest BCUT2D eigenvalue weighted by molar-refractivity contribution is 0.635. The van der Waals surface area contributed by atoms with E-state index in [0.717, 1.165) is 23.2 Å². The van der Waals surface area contributed by atoms with Gasteiger partial charge in [-0.3, -0.25) is 4.98 Å². The zero-order chi connectivity index (χ0) is 13.1. The van der Waals surface area contributed by atoms with Crippen LogP contribution < -0.4 is 0 Å². The molecule has 0 aliphatic heterocycles. The summed E-state index contributed by atoms with van der Waals surface area (Å²) in [4.78, 5) is 4.46. The molecule has 1 heterocycles. The molecule has 94 valence electrons. The number of nitrogens with zero attached hydrogens (tertiary/aromatic N) is 1. The number of halogens is 2. The molecule has 0 N–H and O–H groups in total. The number of aromatic nitrogens is 1. The van der Waals surface area contributed by atoms with Crippen molar-refractivity contribution < 1.29 is 0 Å². The van der Waals surface area contributed by atoms with Gasteiger partial charge in [0.15, 0.2) is 0 Å². The van der Waals surface area contributed by atoms with Gasteiger partial charge in [0.25, 0.3) is 0 Å². The smallest absolute Gasteiger partial charge is 0.0499 e. The second-order valence-corrected chi connectivity index (χ2v) is 5.55. The molecule has 2 rings (SSSR count). The van der Waals surface area contributed by atoms with Crippen LogP contribution in [0.1, 0.15) is 19.5 Å². The Balaban J connectivity index is 2.35. The van der Waals surface area contributed by atoms with E-state index in [9.17, 15) is 0 Å². The molecule has 1 aromatic carbocycles. The third-order valence-electron chi connectivity index (χ3n) is 2.69. The molecule has 0 fully saturated rings. The molecule has 1 nitrogen and oxygen atoms in total. The fourth-order valence-corrected chi connectivity index (χ4v) is 2.50. The van der Waals surface area contributed by atoms with Gasteiger partial charge >= 0.3 is 0 Å². The Kier molecular flexibility index (Phi) is 4.26. The fourth-order valence-electron chi connectivity index (χ4n) is 1.88. The Bertz CT molecular complexity index is 512. The minimum Gasteiger partial charge on any atom is -0.261 e. The Hall–Kier alpha value is -1.05. The minimum atomic E-state index is 0.604. The molecule has 0 amide bonds. The second kappa shape index (κ2) is 5.73. The highest BCUT2D eigenvalue weighted by Gasteiger charge is 2.08. The van der Waals surface area contributed by atoms with Crippen LogP contribution in [0.25, 0.3) is 11.1 Å². The average Bonchev–Trinajstić information content (AvgIpc) is 2.30. The van der Waals surface area contributed by atoms with Gasteiger partial charge in [0.1, 0.15) is 0 Å². The Morgan fingerprint density at radius 3 is 2.22 bits per heavy atom. The third-order valence-corrected chi connectivity index (χ3v) is 3.32. The molecule has 0 aliphatic carbocycles. The molecule has 0 spiro atoms. The first kappa shape index (κ1) is 13.4. The predicted octanol–water partition coefficient (Wildman–Crippen LogP) is 5.25. The molecule has 3 heteroatoms. The molecule has 0 saturated heterocycles. The van der Waals surface area contributed by atoms with Crippen molar-refractivity contribution in [3.63, 3.8) is 0 Å². The minimum absolute atomic E-state index is 0.604. The van der Waals surface area contributed by atoms with E-state index in [1.165, 1.54) is 0 Å². The Morgan fingerprint density at radius 2 is 1.72 bits per heavy atom. The van der Waals surface area contributed by atoms with Gasteiger partial charge in [0.2, 0.25) is 0 Å². The van der Waals surface area contributed by atoms with Crippen LogP contribution in [-0.2, 0) is 6.42 Å². The lowest BCUT2D eigenvalue weighted by atomic mass is 10.0. The van der Waals surface area contributed by atoms with Crippen molar-refractivity contribution in [2.45, 2.75) is 20.3 Å². The summed E-state index contributed by atoms with van der Waals surface area (Å²) in [6.07, 6.45) is 2.82. The van der Waals surface area contributed by atoms with Crippen LogP contribution in [0.15, 0.2) is 36.5 Å². The van der Waals surface area contributed by atoms with Crippen LogP contribution in [0.2, 0.25) is 10.0 Å². The van der Waals surface area contributed by atoms with Gasteiger partial charge in [-0.05, 0) is 30.5 Å². The molecule has 1 aromatic heterocycles. The summed E-state index contributed by atoms with van der Waals surface area (Å²) in [5.41, 5.74) is 2.90. The molecule has 0 radical (unpaired) electrons. The van der Waals surface area contributed by atoms with Crippen LogP contribution in [0.3, 0.4) is 0 Å². The lowest BCUT2D eigenvalue weighted by Crippen LogP contribution is -1.96. The van der Waals surface area contributed by atoms with Crippen molar-refractivity contribution in [3.05, 3.63) is 52.3 Å². The first-order valence-corrected chi connectivity index (χ1v) is 6.73. The highest BCUT2D eigenvalue weighted by atomic mass is 35.5. The monoisotopic (exact) mass is 279 g/mol. The van der Waals surface area contributed by atoms with Crippen molar-refractivity contribution in [2.24, 2.45) is 5.92 Å². The van der Waals surface area contributed by atoms with Gasteiger partial charge in [-0.2, -0.15) is 0 Å². The van der Waals surface area contributed by atoms with Crippen LogP contribution in [0.4, 0.5) is 0 Å². The van der Waals surface area contributed by atoms with E-state index in [0.29, 0.717) is 16.0 Å². The normalized spacial score (nSPS) is 10.9. The van der Waals surface area contributed by atoms with Crippen LogP contribution in [-0.4, -0.2) is 4.98 Å². The molecule has 18 heavy (non-hydrogen) atoms. The summed E-state index contributed by atoms with van der Waals surface area (Å²) < 4.78 is 0. The molecule has 0 bridgehead atoms. The Morgan fingerprint density at radius 1 is 1.06 bits per heavy atom. The van der Waals surface area contributed by atoms with Crippen molar-refractivity contribution in [1.29, 1.82) is 0 Å². The molecule has 0 unspecified atom stereocenters. The van der Waals surface area contributed by atoms with Crippen LogP contribution in [0.5, 0.6) is 0 Å². The topological polar surface area (TPSA) is 12.9 Å². The molecule has 0 saturated carbocycles. The Labute approximate surface area is 118 Å². The van der Waals surface area contributed by atoms with Gasteiger partial charge < -0.3 is 0 Å². The number of pyridine rings is 1. The van der Waals surface area contributed by atoms with E-state index >= 15 is 0 Å². The van der Waals surface area contributed by atoms with E-state index in [1.54, 1.807) is 0 Å². The number of rotatable bonds is 3. The maximum atomic E-state index is 6.18. The maximum absolute atomic E-state index is 6.18.